The van der Waals surface area contributed by atoms with E-state index in [1.165, 1.54) is 42.5 Å². The van der Waals surface area contributed by atoms with Gasteiger partial charge >= 0.3 is 0 Å². The van der Waals surface area contributed by atoms with Crippen molar-refractivity contribution in [3.05, 3.63) is 74.5 Å². The van der Waals surface area contributed by atoms with E-state index in [4.69, 9.17) is 11.6 Å². The lowest BCUT2D eigenvalue weighted by molar-refractivity contribution is -0.385. The lowest BCUT2D eigenvalue weighted by Gasteiger charge is -2.04. The van der Waals surface area contributed by atoms with E-state index in [1.807, 2.05) is 0 Å². The molecule has 0 N–H and O–H groups in total. The molecule has 0 radical (unpaired) electrons. The monoisotopic (exact) mass is 293 g/mol. The predicted molar refractivity (Wildman–Crippen MR) is 72.5 cm³/mol. The summed E-state index contributed by atoms with van der Waals surface area (Å²) in [5, 5.41) is 11.2. The van der Waals surface area contributed by atoms with Gasteiger partial charge in [-0.15, -0.1) is 0 Å². The molecule has 0 aromatic heterocycles. The van der Waals surface area contributed by atoms with Crippen molar-refractivity contribution in [3.63, 3.8) is 0 Å². The minimum atomic E-state index is -0.651. The van der Waals surface area contributed by atoms with Crippen LogP contribution in [0.25, 0.3) is 0 Å². The first kappa shape index (κ1) is 14.1. The average Bonchev–Trinajstić information content (AvgIpc) is 2.38. The van der Waals surface area contributed by atoms with E-state index in [0.717, 1.165) is 0 Å². The van der Waals surface area contributed by atoms with Crippen LogP contribution in [0.1, 0.15) is 15.9 Å². The van der Waals surface area contributed by atoms with Crippen LogP contribution in [0.15, 0.2) is 42.5 Å². The molecule has 2 aromatic carbocycles. The van der Waals surface area contributed by atoms with E-state index in [1.54, 1.807) is 0 Å². The van der Waals surface area contributed by atoms with Crippen LogP contribution in [0.2, 0.25) is 5.02 Å². The van der Waals surface area contributed by atoms with Gasteiger partial charge in [0.15, 0.2) is 5.78 Å². The first-order chi connectivity index (χ1) is 9.49. The van der Waals surface area contributed by atoms with Crippen molar-refractivity contribution >= 4 is 23.1 Å². The van der Waals surface area contributed by atoms with E-state index < -0.39 is 16.5 Å². The molecule has 0 atom stereocenters. The Balaban J connectivity index is 2.35. The number of halogens is 2. The van der Waals surface area contributed by atoms with Gasteiger partial charge in [0, 0.05) is 23.1 Å². The number of nitro benzene ring substituents is 1. The molecule has 4 nitrogen and oxygen atoms in total. The van der Waals surface area contributed by atoms with Crippen LogP contribution >= 0.6 is 11.6 Å². The van der Waals surface area contributed by atoms with Gasteiger partial charge in [-0.05, 0) is 24.3 Å². The summed E-state index contributed by atoms with van der Waals surface area (Å²) in [5.41, 5.74) is -0.142. The van der Waals surface area contributed by atoms with Crippen molar-refractivity contribution < 1.29 is 14.1 Å². The lowest BCUT2D eigenvalue weighted by Crippen LogP contribution is -2.08. The summed E-state index contributed by atoms with van der Waals surface area (Å²) in [4.78, 5) is 22.3. The molecule has 0 aliphatic heterocycles. The Labute approximate surface area is 119 Å². The quantitative estimate of drug-likeness (QED) is 0.489. The molecule has 0 amide bonds. The Hall–Kier alpha value is -2.27. The Bertz CT molecular complexity index is 688. The highest BCUT2D eigenvalue weighted by Crippen LogP contribution is 2.24. The van der Waals surface area contributed by atoms with Crippen molar-refractivity contribution in [1.82, 2.24) is 0 Å². The molecule has 0 spiro atoms. The van der Waals surface area contributed by atoms with Gasteiger partial charge in [-0.2, -0.15) is 0 Å². The Kier molecular flexibility index (Phi) is 4.10. The fourth-order valence-electron chi connectivity index (χ4n) is 1.83. The van der Waals surface area contributed by atoms with Crippen molar-refractivity contribution in [2.75, 3.05) is 0 Å². The summed E-state index contributed by atoms with van der Waals surface area (Å²) in [5.74, 6) is -1.18. The number of benzene rings is 2. The molecule has 2 rings (SSSR count). The topological polar surface area (TPSA) is 60.2 Å². The van der Waals surface area contributed by atoms with Gasteiger partial charge in [0.05, 0.1) is 10.5 Å². The molecule has 0 aliphatic carbocycles. The molecule has 0 saturated heterocycles. The highest BCUT2D eigenvalue weighted by atomic mass is 35.5. The van der Waals surface area contributed by atoms with E-state index in [0.29, 0.717) is 0 Å². The summed E-state index contributed by atoms with van der Waals surface area (Å²) < 4.78 is 13.5. The van der Waals surface area contributed by atoms with Crippen LogP contribution in [0.5, 0.6) is 0 Å². The number of Topliss-reactive ketones (excluding diaryl/α,β-unsaturated/α-hetero) is 1. The van der Waals surface area contributed by atoms with Crippen molar-refractivity contribution in [3.8, 4) is 0 Å². The number of rotatable bonds is 4. The molecule has 20 heavy (non-hydrogen) atoms. The lowest BCUT2D eigenvalue weighted by atomic mass is 10.0. The molecule has 0 aliphatic rings. The summed E-state index contributed by atoms with van der Waals surface area (Å²) in [6.07, 6.45) is -0.280. The SMILES string of the molecule is O=C(Cc1cc(Cl)ccc1[N+](=O)[O-])c1ccccc1F. The molecule has 0 fully saturated rings. The number of ketones is 1. The first-order valence-electron chi connectivity index (χ1n) is 5.69. The molecule has 0 unspecified atom stereocenters. The third-order valence-corrected chi connectivity index (χ3v) is 3.00. The van der Waals surface area contributed by atoms with Gasteiger partial charge < -0.3 is 0 Å². The maximum atomic E-state index is 13.5. The van der Waals surface area contributed by atoms with E-state index >= 15 is 0 Å². The highest BCUT2D eigenvalue weighted by molar-refractivity contribution is 6.30. The van der Waals surface area contributed by atoms with Crippen LogP contribution in [-0.2, 0) is 6.42 Å². The molecule has 2 aromatic rings. The van der Waals surface area contributed by atoms with Crippen LogP contribution in [0.3, 0.4) is 0 Å². The van der Waals surface area contributed by atoms with Gasteiger partial charge in [-0.3, -0.25) is 14.9 Å². The second-order valence-electron chi connectivity index (χ2n) is 4.11. The van der Waals surface area contributed by atoms with Gasteiger partial charge in [0.1, 0.15) is 5.82 Å². The van der Waals surface area contributed by atoms with Crippen molar-refractivity contribution in [2.45, 2.75) is 6.42 Å². The van der Waals surface area contributed by atoms with Crippen LogP contribution in [0, 0.1) is 15.9 Å². The third-order valence-electron chi connectivity index (χ3n) is 2.76. The number of carbonyl (C=O) groups is 1. The number of nitro groups is 1. The van der Waals surface area contributed by atoms with Crippen molar-refractivity contribution in [2.24, 2.45) is 0 Å². The predicted octanol–water partition coefficient (Wildman–Crippen LogP) is 3.81. The summed E-state index contributed by atoms with van der Waals surface area (Å²) in [6.45, 7) is 0. The fraction of sp³-hybridized carbons (Fsp3) is 0.0714. The number of carbonyl (C=O) groups excluding carboxylic acids is 1. The van der Waals surface area contributed by atoms with Gasteiger partial charge in [-0.25, -0.2) is 4.39 Å². The van der Waals surface area contributed by atoms with E-state index in [2.05, 4.69) is 0 Å². The standard InChI is InChI=1S/C14H9ClFNO3/c15-10-5-6-13(17(19)20)9(7-10)8-14(18)11-3-1-2-4-12(11)16/h1-7H,8H2. The minimum absolute atomic E-state index is 0.0956. The van der Waals surface area contributed by atoms with Crippen molar-refractivity contribution in [1.29, 1.82) is 0 Å². The zero-order valence-corrected chi connectivity index (χ0v) is 10.9. The second-order valence-corrected chi connectivity index (χ2v) is 4.55. The van der Waals surface area contributed by atoms with Gasteiger partial charge in [0.2, 0.25) is 0 Å². The first-order valence-corrected chi connectivity index (χ1v) is 6.07. The summed E-state index contributed by atoms with van der Waals surface area (Å²) in [7, 11) is 0. The molecular weight excluding hydrogens is 285 g/mol. The molecule has 0 heterocycles. The molecule has 0 saturated carbocycles. The zero-order valence-electron chi connectivity index (χ0n) is 10.2. The second kappa shape index (κ2) is 5.79. The maximum Gasteiger partial charge on any atom is 0.273 e. The highest BCUT2D eigenvalue weighted by Gasteiger charge is 2.19. The zero-order chi connectivity index (χ0) is 14.7. The normalized spacial score (nSPS) is 10.3. The minimum Gasteiger partial charge on any atom is -0.294 e. The average molecular weight is 294 g/mol. The van der Waals surface area contributed by atoms with Crippen LogP contribution < -0.4 is 0 Å². The van der Waals surface area contributed by atoms with E-state index in [9.17, 15) is 19.3 Å². The molecule has 6 heteroatoms. The maximum absolute atomic E-state index is 13.5. The summed E-state index contributed by atoms with van der Waals surface area (Å²) in [6, 6.07) is 9.45. The largest absolute Gasteiger partial charge is 0.294 e. The molecule has 102 valence electrons. The summed E-state index contributed by atoms with van der Waals surface area (Å²) >= 11 is 5.77. The smallest absolute Gasteiger partial charge is 0.273 e. The van der Waals surface area contributed by atoms with Gasteiger partial charge in [0.25, 0.3) is 5.69 Å². The number of hydrogen-bond acceptors (Lipinski definition) is 3. The third kappa shape index (κ3) is 3.00. The Morgan fingerprint density at radius 2 is 1.95 bits per heavy atom. The van der Waals surface area contributed by atoms with E-state index in [-0.39, 0.29) is 28.3 Å². The van der Waals surface area contributed by atoms with Crippen LogP contribution in [-0.4, -0.2) is 10.7 Å². The van der Waals surface area contributed by atoms with Crippen LogP contribution in [0.4, 0.5) is 10.1 Å². The number of nitrogens with zero attached hydrogens (tertiary/aromatic N) is 1. The Morgan fingerprint density at radius 3 is 2.60 bits per heavy atom. The molecule has 0 bridgehead atoms. The Morgan fingerprint density at radius 1 is 1.25 bits per heavy atom. The van der Waals surface area contributed by atoms with Gasteiger partial charge in [-0.1, -0.05) is 23.7 Å². The fourth-order valence-corrected chi connectivity index (χ4v) is 2.02. The number of hydrogen-bond donors (Lipinski definition) is 0. The molecular formula is C14H9ClFNO3.